The fourth-order valence-electron chi connectivity index (χ4n) is 10.4. The maximum absolute atomic E-state index is 13.1. The van der Waals surface area contributed by atoms with Gasteiger partial charge in [0.25, 0.3) is 0 Å². The molecule has 19 heteroatoms. The Bertz CT molecular complexity index is 2410. The smallest absolute Gasteiger partial charge is 0.462 e. The molecule has 0 fully saturated rings. The van der Waals surface area contributed by atoms with E-state index in [9.17, 15) is 43.2 Å². The van der Waals surface area contributed by atoms with Gasteiger partial charge >= 0.3 is 39.5 Å². The first-order chi connectivity index (χ1) is 49.7. The Labute approximate surface area is 619 Å². The largest absolute Gasteiger partial charge is 0.472 e. The summed E-state index contributed by atoms with van der Waals surface area (Å²) in [5.74, 6) is -2.25. The molecule has 0 spiro atoms. The van der Waals surface area contributed by atoms with Crippen LogP contribution in [0.1, 0.15) is 323 Å². The fourth-order valence-corrected chi connectivity index (χ4v) is 11.9. The fraction of sp³-hybridized carbons (Fsp3) is 0.711. The second kappa shape index (κ2) is 74.7. The van der Waals surface area contributed by atoms with E-state index >= 15 is 0 Å². The molecular weight excluding hydrogens is 1330 g/mol. The Kier molecular flexibility index (Phi) is 71.4. The monoisotopic (exact) mass is 1470 g/mol. The van der Waals surface area contributed by atoms with Crippen molar-refractivity contribution in [3.63, 3.8) is 0 Å². The molecule has 5 atom stereocenters. The highest BCUT2D eigenvalue weighted by molar-refractivity contribution is 7.47. The van der Waals surface area contributed by atoms with Gasteiger partial charge in [-0.1, -0.05) is 265 Å². The number of ether oxygens (including phenoxy) is 4. The first-order valence-corrected chi connectivity index (χ1v) is 42.8. The molecule has 0 saturated heterocycles. The number of aliphatic hydroxyl groups excluding tert-OH is 1. The van der Waals surface area contributed by atoms with E-state index in [2.05, 4.69) is 149 Å². The minimum atomic E-state index is -4.99. The maximum atomic E-state index is 13.1. The molecule has 0 saturated carbocycles. The lowest BCUT2D eigenvalue weighted by molar-refractivity contribution is -0.161. The second-order valence-electron chi connectivity index (χ2n) is 26.2. The number of hydrogen-bond acceptors (Lipinski definition) is 15. The van der Waals surface area contributed by atoms with Crippen molar-refractivity contribution < 1.29 is 80.2 Å². The summed E-state index contributed by atoms with van der Waals surface area (Å²) in [5, 5.41) is 10.6. The number of carbonyl (C=O) groups is 4. The quantitative estimate of drug-likeness (QED) is 0.0169. The number of hydrogen-bond donors (Lipinski definition) is 3. The molecule has 0 radical (unpaired) electrons. The van der Waals surface area contributed by atoms with Gasteiger partial charge in [-0.2, -0.15) is 0 Å². The molecule has 0 aromatic heterocycles. The van der Waals surface area contributed by atoms with Crippen molar-refractivity contribution in [3.8, 4) is 0 Å². The van der Waals surface area contributed by atoms with Gasteiger partial charge in [0.05, 0.1) is 26.4 Å². The normalized spacial score (nSPS) is 14.5. The Balaban J connectivity index is 5.39. The molecule has 0 amide bonds. The van der Waals surface area contributed by atoms with Crippen molar-refractivity contribution in [1.82, 2.24) is 0 Å². The molecule has 0 rings (SSSR count). The van der Waals surface area contributed by atoms with Gasteiger partial charge in [-0.05, 0) is 154 Å². The Morgan fingerprint density at radius 3 is 0.824 bits per heavy atom. The van der Waals surface area contributed by atoms with E-state index in [0.717, 1.165) is 180 Å². The minimum absolute atomic E-state index is 0.0744. The van der Waals surface area contributed by atoms with Crippen LogP contribution in [-0.2, 0) is 65.4 Å². The summed E-state index contributed by atoms with van der Waals surface area (Å²) in [6.45, 7) is 4.56. The lowest BCUT2D eigenvalue weighted by atomic mass is 10.1. The van der Waals surface area contributed by atoms with Crippen LogP contribution in [0.2, 0.25) is 0 Å². The van der Waals surface area contributed by atoms with E-state index < -0.39 is 97.5 Å². The zero-order valence-electron chi connectivity index (χ0n) is 64.0. The molecule has 0 aliphatic rings. The SMILES string of the molecule is CC/C=C\C/C=C\C/C=C\C/C=C\CCCCCCCCC(=O)OCC(COP(=O)(O)OCC(O)COP(=O)(O)OCC(COC(=O)CCCC/C=C\C/C=C\C/C=C\C/C=C\CC)OC(=O)CCCCCCC/C=C\CCCCCCCC)OC(=O)CCCCCCC/C=C\CCCCCC. The van der Waals surface area contributed by atoms with Gasteiger partial charge in [0.1, 0.15) is 19.3 Å². The molecular formula is C83H142O17P2. The summed E-state index contributed by atoms with van der Waals surface area (Å²) in [6, 6.07) is 0. The summed E-state index contributed by atoms with van der Waals surface area (Å²) in [7, 11) is -9.97. The zero-order chi connectivity index (χ0) is 74.6. The Morgan fingerprint density at radius 1 is 0.284 bits per heavy atom. The molecule has 0 bridgehead atoms. The number of phosphoric ester groups is 2. The standard InChI is InChI=1S/C83H142O17P2/c1-5-9-13-17-21-25-29-33-36-37-38-39-42-45-48-52-56-60-64-68-81(86)94-73-78(99-82(87)69-65-61-57-53-49-43-32-28-24-20-16-12-8-4)75-97-101(89,90)95-71-77(84)72-96-102(91,92)98-76-79(100-83(88)70-66-62-58-54-50-46-41-35-31-27-23-19-15-11-7-3)74-93-80(85)67-63-59-55-51-47-44-40-34-30-26-22-18-14-10-6-2/h9-10,13-14,21-22,25-26,28,32-36,38-41,47,51,77-79,84H,5-8,11-12,15-20,23-24,27,29-31,37,42-46,48-50,52-76H2,1-4H3,(H,89,90)(H,91,92)/b13-9-,14-10-,25-21-,26-22-,32-28-,36-33-,39-38-,40-34-,41-35-,51-47-. The molecule has 3 N–H and O–H groups in total. The van der Waals surface area contributed by atoms with Crippen LogP contribution in [-0.4, -0.2) is 96.7 Å². The van der Waals surface area contributed by atoms with Gasteiger partial charge in [-0.3, -0.25) is 37.3 Å². The van der Waals surface area contributed by atoms with Crippen molar-refractivity contribution >= 4 is 39.5 Å². The van der Waals surface area contributed by atoms with Crippen LogP contribution in [0.3, 0.4) is 0 Å². The molecule has 586 valence electrons. The highest BCUT2D eigenvalue weighted by Crippen LogP contribution is 2.45. The number of aliphatic hydroxyl groups is 1. The number of allylic oxidation sites excluding steroid dienone is 20. The first kappa shape index (κ1) is 97.5. The molecule has 0 heterocycles. The van der Waals surface area contributed by atoms with E-state index in [0.29, 0.717) is 25.7 Å². The average Bonchev–Trinajstić information content (AvgIpc) is 0.908. The van der Waals surface area contributed by atoms with E-state index in [1.165, 1.54) is 64.2 Å². The molecule has 0 aromatic carbocycles. The Hall–Kier alpha value is -4.54. The topological polar surface area (TPSA) is 237 Å². The summed E-state index contributed by atoms with van der Waals surface area (Å²) in [4.78, 5) is 73.0. The first-order valence-electron chi connectivity index (χ1n) is 39.8. The van der Waals surface area contributed by atoms with Gasteiger partial charge in [-0.25, -0.2) is 9.13 Å². The van der Waals surface area contributed by atoms with Crippen LogP contribution in [0.5, 0.6) is 0 Å². The number of unbranched alkanes of at least 4 members (excludes halogenated alkanes) is 28. The van der Waals surface area contributed by atoms with Crippen LogP contribution in [0, 0.1) is 0 Å². The minimum Gasteiger partial charge on any atom is -0.462 e. The van der Waals surface area contributed by atoms with Gasteiger partial charge in [-0.15, -0.1) is 0 Å². The highest BCUT2D eigenvalue weighted by atomic mass is 31.2. The van der Waals surface area contributed by atoms with Crippen molar-refractivity contribution in [2.45, 2.75) is 341 Å². The summed E-state index contributed by atoms with van der Waals surface area (Å²) >= 11 is 0. The van der Waals surface area contributed by atoms with Crippen LogP contribution >= 0.6 is 15.6 Å². The Morgan fingerprint density at radius 2 is 0.510 bits per heavy atom. The number of carbonyl (C=O) groups excluding carboxylic acids is 4. The van der Waals surface area contributed by atoms with E-state index in [1.807, 2.05) is 0 Å². The summed E-state index contributed by atoms with van der Waals surface area (Å²) in [6.07, 6.45) is 81.8. The number of rotatable bonds is 74. The van der Waals surface area contributed by atoms with Gasteiger partial charge in [0.15, 0.2) is 12.2 Å². The van der Waals surface area contributed by atoms with Gasteiger partial charge in [0.2, 0.25) is 0 Å². The lowest BCUT2D eigenvalue weighted by Crippen LogP contribution is -2.30. The zero-order valence-corrected chi connectivity index (χ0v) is 65.8. The van der Waals surface area contributed by atoms with Crippen molar-refractivity contribution in [3.05, 3.63) is 122 Å². The third kappa shape index (κ3) is 73.8. The van der Waals surface area contributed by atoms with Crippen molar-refractivity contribution in [2.75, 3.05) is 39.6 Å². The third-order valence-electron chi connectivity index (χ3n) is 16.4. The van der Waals surface area contributed by atoms with Gasteiger partial charge < -0.3 is 33.8 Å². The average molecular weight is 1470 g/mol. The lowest BCUT2D eigenvalue weighted by Gasteiger charge is -2.21. The van der Waals surface area contributed by atoms with Crippen LogP contribution < -0.4 is 0 Å². The van der Waals surface area contributed by atoms with Crippen molar-refractivity contribution in [1.29, 1.82) is 0 Å². The van der Waals surface area contributed by atoms with Crippen LogP contribution in [0.25, 0.3) is 0 Å². The molecule has 102 heavy (non-hydrogen) atoms. The summed E-state index contributed by atoms with van der Waals surface area (Å²) < 4.78 is 68.5. The second-order valence-corrected chi connectivity index (χ2v) is 29.1. The molecule has 0 aliphatic heterocycles. The van der Waals surface area contributed by atoms with E-state index in [-0.39, 0.29) is 25.7 Å². The van der Waals surface area contributed by atoms with Crippen molar-refractivity contribution in [2.24, 2.45) is 0 Å². The number of phosphoric acid groups is 2. The molecule has 0 aliphatic carbocycles. The van der Waals surface area contributed by atoms with Gasteiger partial charge in [0, 0.05) is 25.7 Å². The summed E-state index contributed by atoms with van der Waals surface area (Å²) in [5.41, 5.74) is 0. The van der Waals surface area contributed by atoms with E-state index in [4.69, 9.17) is 37.0 Å². The van der Waals surface area contributed by atoms with Crippen LogP contribution in [0.15, 0.2) is 122 Å². The predicted molar refractivity (Wildman–Crippen MR) is 418 cm³/mol. The highest BCUT2D eigenvalue weighted by Gasteiger charge is 2.30. The van der Waals surface area contributed by atoms with Crippen LogP contribution in [0.4, 0.5) is 0 Å². The molecule has 5 unspecified atom stereocenters. The molecule has 17 nitrogen and oxygen atoms in total. The maximum Gasteiger partial charge on any atom is 0.472 e. The van der Waals surface area contributed by atoms with E-state index in [1.54, 1.807) is 0 Å². The third-order valence-corrected chi connectivity index (χ3v) is 18.3. The number of esters is 4. The predicted octanol–water partition coefficient (Wildman–Crippen LogP) is 23.1. The molecule has 0 aromatic rings.